The summed E-state index contributed by atoms with van der Waals surface area (Å²) in [4.78, 5) is 27.4. The minimum Gasteiger partial charge on any atom is -0.354 e. The third-order valence-corrected chi connectivity index (χ3v) is 6.87. The summed E-state index contributed by atoms with van der Waals surface area (Å²) >= 11 is 6.17. The molecule has 7 nitrogen and oxygen atoms in total. The van der Waals surface area contributed by atoms with Gasteiger partial charge in [-0.2, -0.15) is 0 Å². The molecule has 2 amide bonds. The second-order valence-corrected chi connectivity index (χ2v) is 10.9. The lowest BCUT2D eigenvalue weighted by Crippen LogP contribution is -2.51. The summed E-state index contributed by atoms with van der Waals surface area (Å²) < 4.78 is 40.6. The third-order valence-electron chi connectivity index (χ3n) is 5.34. The van der Waals surface area contributed by atoms with Gasteiger partial charge in [0, 0.05) is 23.7 Å². The Labute approximate surface area is 205 Å². The molecular formula is C24H31ClFN3O4S. The number of carbonyl (C=O) groups is 2. The van der Waals surface area contributed by atoms with Crippen LogP contribution < -0.4 is 9.62 Å². The number of anilines is 1. The van der Waals surface area contributed by atoms with Crippen molar-refractivity contribution in [2.75, 3.05) is 23.7 Å². The molecule has 0 saturated heterocycles. The molecule has 2 rings (SSSR count). The molecule has 0 aliphatic heterocycles. The summed E-state index contributed by atoms with van der Waals surface area (Å²) in [5.41, 5.74) is 0.959. The highest BCUT2D eigenvalue weighted by Gasteiger charge is 2.31. The van der Waals surface area contributed by atoms with Gasteiger partial charge >= 0.3 is 0 Å². The average Bonchev–Trinajstić information content (AvgIpc) is 2.76. The fourth-order valence-corrected chi connectivity index (χ4v) is 4.38. The molecule has 0 bridgehead atoms. The predicted molar refractivity (Wildman–Crippen MR) is 133 cm³/mol. The summed E-state index contributed by atoms with van der Waals surface area (Å²) in [5.74, 6) is -1.40. The van der Waals surface area contributed by atoms with Crippen LogP contribution in [0.3, 0.4) is 0 Å². The summed E-state index contributed by atoms with van der Waals surface area (Å²) in [6.45, 7) is 6.69. The van der Waals surface area contributed by atoms with Crippen LogP contribution in [0, 0.1) is 18.7 Å². The minimum absolute atomic E-state index is 0.193. The molecule has 0 aliphatic rings. The number of hydrogen-bond donors (Lipinski definition) is 1. The Morgan fingerprint density at radius 1 is 1.09 bits per heavy atom. The van der Waals surface area contributed by atoms with E-state index in [1.54, 1.807) is 31.2 Å². The molecule has 0 aliphatic carbocycles. The van der Waals surface area contributed by atoms with Crippen LogP contribution in [0.1, 0.15) is 31.9 Å². The van der Waals surface area contributed by atoms with Gasteiger partial charge in [-0.15, -0.1) is 0 Å². The fraction of sp³-hybridized carbons (Fsp3) is 0.417. The van der Waals surface area contributed by atoms with Crippen LogP contribution in [0.2, 0.25) is 5.02 Å². The fourth-order valence-electron chi connectivity index (χ4n) is 3.31. The van der Waals surface area contributed by atoms with Gasteiger partial charge in [-0.1, -0.05) is 49.7 Å². The number of hydrogen-bond acceptors (Lipinski definition) is 4. The highest BCUT2D eigenvalue weighted by atomic mass is 35.5. The predicted octanol–water partition coefficient (Wildman–Crippen LogP) is 3.74. The second-order valence-electron chi connectivity index (χ2n) is 8.58. The van der Waals surface area contributed by atoms with Crippen LogP contribution in [-0.2, 0) is 26.2 Å². The van der Waals surface area contributed by atoms with Crippen molar-refractivity contribution < 1.29 is 22.4 Å². The minimum atomic E-state index is -3.88. The Morgan fingerprint density at radius 2 is 1.74 bits per heavy atom. The molecule has 186 valence electrons. The van der Waals surface area contributed by atoms with Crippen molar-refractivity contribution in [2.24, 2.45) is 5.92 Å². The lowest BCUT2D eigenvalue weighted by molar-refractivity contribution is -0.139. The topological polar surface area (TPSA) is 86.8 Å². The first kappa shape index (κ1) is 27.6. The van der Waals surface area contributed by atoms with Gasteiger partial charge < -0.3 is 10.2 Å². The standard InChI is InChI=1S/C24H31ClFN3O4S/c1-16(2)13-27-24(31)18(4)28(14-19-9-6-7-11-21(19)26)23(30)15-29(34(5,32)33)22-12-8-10-20(25)17(22)3/h6-12,16,18H,13-15H2,1-5H3,(H,27,31)/t18-/m0/s1. The van der Waals surface area contributed by atoms with Gasteiger partial charge in [0.1, 0.15) is 18.4 Å². The number of carbonyl (C=O) groups excluding carboxylic acids is 2. The largest absolute Gasteiger partial charge is 0.354 e. The van der Waals surface area contributed by atoms with Crippen LogP contribution in [0.15, 0.2) is 42.5 Å². The zero-order chi connectivity index (χ0) is 25.6. The van der Waals surface area contributed by atoms with E-state index in [-0.39, 0.29) is 23.7 Å². The first-order chi connectivity index (χ1) is 15.8. The number of benzene rings is 2. The van der Waals surface area contributed by atoms with Crippen molar-refractivity contribution in [1.82, 2.24) is 10.2 Å². The molecule has 0 heterocycles. The SMILES string of the molecule is Cc1c(Cl)cccc1N(CC(=O)N(Cc1ccccc1F)[C@@H](C)C(=O)NCC(C)C)S(C)(=O)=O. The van der Waals surface area contributed by atoms with E-state index in [4.69, 9.17) is 11.6 Å². The molecule has 34 heavy (non-hydrogen) atoms. The molecule has 1 N–H and O–H groups in total. The summed E-state index contributed by atoms with van der Waals surface area (Å²) in [6.07, 6.45) is 0.987. The van der Waals surface area contributed by atoms with Crippen molar-refractivity contribution >= 4 is 39.1 Å². The maximum absolute atomic E-state index is 14.4. The van der Waals surface area contributed by atoms with Gasteiger partial charge in [0.05, 0.1) is 11.9 Å². The van der Waals surface area contributed by atoms with Crippen LogP contribution in [0.25, 0.3) is 0 Å². The molecule has 0 saturated carbocycles. The van der Waals surface area contributed by atoms with E-state index in [1.807, 2.05) is 13.8 Å². The van der Waals surface area contributed by atoms with E-state index in [9.17, 15) is 22.4 Å². The second kappa shape index (κ2) is 11.7. The molecule has 2 aromatic rings. The Balaban J connectivity index is 2.43. The lowest BCUT2D eigenvalue weighted by Gasteiger charge is -2.32. The lowest BCUT2D eigenvalue weighted by atomic mass is 10.1. The van der Waals surface area contributed by atoms with E-state index >= 15 is 0 Å². The molecule has 0 fully saturated rings. The van der Waals surface area contributed by atoms with E-state index in [1.165, 1.54) is 30.0 Å². The monoisotopic (exact) mass is 511 g/mol. The average molecular weight is 512 g/mol. The van der Waals surface area contributed by atoms with Crippen molar-refractivity contribution in [3.05, 3.63) is 64.4 Å². The smallest absolute Gasteiger partial charge is 0.244 e. The van der Waals surface area contributed by atoms with E-state index in [0.717, 1.165) is 10.6 Å². The first-order valence-corrected chi connectivity index (χ1v) is 13.1. The number of nitrogens with one attached hydrogen (secondary N) is 1. The summed E-state index contributed by atoms with van der Waals surface area (Å²) in [6, 6.07) is 9.73. The van der Waals surface area contributed by atoms with Gasteiger partial charge in [-0.25, -0.2) is 12.8 Å². The Morgan fingerprint density at radius 3 is 2.32 bits per heavy atom. The zero-order valence-electron chi connectivity index (χ0n) is 20.0. The molecule has 0 unspecified atom stereocenters. The highest BCUT2D eigenvalue weighted by molar-refractivity contribution is 7.92. The molecule has 0 aromatic heterocycles. The number of sulfonamides is 1. The molecule has 2 aromatic carbocycles. The molecular weight excluding hydrogens is 481 g/mol. The van der Waals surface area contributed by atoms with Gasteiger partial charge in [-0.05, 0) is 43.5 Å². The van der Waals surface area contributed by atoms with Gasteiger partial charge in [0.25, 0.3) is 0 Å². The molecule has 0 spiro atoms. The van der Waals surface area contributed by atoms with Crippen molar-refractivity contribution in [2.45, 2.75) is 40.3 Å². The molecule has 0 radical (unpaired) electrons. The highest BCUT2D eigenvalue weighted by Crippen LogP contribution is 2.28. The van der Waals surface area contributed by atoms with Crippen molar-refractivity contribution in [3.63, 3.8) is 0 Å². The Bertz CT molecular complexity index is 1140. The quantitative estimate of drug-likeness (QED) is 0.526. The van der Waals surface area contributed by atoms with E-state index < -0.39 is 40.2 Å². The van der Waals surface area contributed by atoms with Gasteiger partial charge in [0.2, 0.25) is 21.8 Å². The van der Waals surface area contributed by atoms with Crippen molar-refractivity contribution in [3.8, 4) is 0 Å². The van der Waals surface area contributed by atoms with Gasteiger partial charge in [0.15, 0.2) is 0 Å². The third kappa shape index (κ3) is 7.17. The summed E-state index contributed by atoms with van der Waals surface area (Å²) in [7, 11) is -3.88. The van der Waals surface area contributed by atoms with Gasteiger partial charge in [-0.3, -0.25) is 13.9 Å². The number of nitrogens with zero attached hydrogens (tertiary/aromatic N) is 2. The van der Waals surface area contributed by atoms with E-state index in [0.29, 0.717) is 17.1 Å². The number of rotatable bonds is 10. The number of halogens is 2. The van der Waals surface area contributed by atoms with Crippen LogP contribution in [-0.4, -0.2) is 50.5 Å². The first-order valence-electron chi connectivity index (χ1n) is 10.9. The van der Waals surface area contributed by atoms with Crippen molar-refractivity contribution in [1.29, 1.82) is 0 Å². The maximum Gasteiger partial charge on any atom is 0.244 e. The van der Waals surface area contributed by atoms with Crippen LogP contribution >= 0.6 is 11.6 Å². The normalized spacial score (nSPS) is 12.4. The van der Waals surface area contributed by atoms with Crippen LogP contribution in [0.5, 0.6) is 0 Å². The Kier molecular flexibility index (Phi) is 9.46. The van der Waals surface area contributed by atoms with Crippen LogP contribution in [0.4, 0.5) is 10.1 Å². The molecule has 1 atom stereocenters. The summed E-state index contributed by atoms with van der Waals surface area (Å²) in [5, 5.41) is 3.12. The number of amides is 2. The van der Waals surface area contributed by atoms with E-state index in [2.05, 4.69) is 5.32 Å². The Hall–Kier alpha value is -2.65. The molecule has 10 heteroatoms. The maximum atomic E-state index is 14.4. The zero-order valence-corrected chi connectivity index (χ0v) is 21.6.